The van der Waals surface area contributed by atoms with E-state index in [0.717, 1.165) is 0 Å². The highest BCUT2D eigenvalue weighted by Gasteiger charge is 2.42. The van der Waals surface area contributed by atoms with Gasteiger partial charge in [0.05, 0.1) is 6.61 Å². The smallest absolute Gasteiger partial charge is 0.174 e. The molecule has 0 aromatic rings. The molecule has 7 N–H and O–H groups in total. The summed E-state index contributed by atoms with van der Waals surface area (Å²) in [5, 5.41) is 36.6. The molecule has 1 fully saturated rings. The van der Waals surface area contributed by atoms with Crippen molar-refractivity contribution in [3.8, 4) is 0 Å². The first-order chi connectivity index (χ1) is 6.11. The molecular formula is C6H14N2O5. The van der Waals surface area contributed by atoms with Crippen LogP contribution in [0.3, 0.4) is 0 Å². The Hall–Kier alpha value is -0.280. The summed E-state index contributed by atoms with van der Waals surface area (Å²) >= 11 is 0. The molecule has 0 aromatic carbocycles. The van der Waals surface area contributed by atoms with Crippen LogP contribution in [-0.4, -0.2) is 57.7 Å². The van der Waals surface area contributed by atoms with E-state index in [1.54, 1.807) is 0 Å². The molecule has 78 valence electrons. The summed E-state index contributed by atoms with van der Waals surface area (Å²) in [7, 11) is 0. The Morgan fingerprint density at radius 1 is 1.23 bits per heavy atom. The highest BCUT2D eigenvalue weighted by atomic mass is 16.6. The molecule has 1 saturated heterocycles. The minimum Gasteiger partial charge on any atom is -0.394 e. The van der Waals surface area contributed by atoms with Gasteiger partial charge in [0.25, 0.3) is 0 Å². The molecule has 7 heteroatoms. The predicted octanol–water partition coefficient (Wildman–Crippen LogP) is -3.75. The summed E-state index contributed by atoms with van der Waals surface area (Å²) in [6.45, 7) is -0.480. The van der Waals surface area contributed by atoms with E-state index >= 15 is 0 Å². The maximum atomic E-state index is 9.37. The maximum absolute atomic E-state index is 9.37. The van der Waals surface area contributed by atoms with E-state index in [1.807, 2.05) is 0 Å². The van der Waals surface area contributed by atoms with Crippen molar-refractivity contribution in [3.05, 3.63) is 0 Å². The normalized spacial score (nSPS) is 46.4. The summed E-state index contributed by atoms with van der Waals surface area (Å²) < 4.78 is 4.77. The van der Waals surface area contributed by atoms with Crippen molar-refractivity contribution >= 4 is 0 Å². The first kappa shape index (κ1) is 10.8. The van der Waals surface area contributed by atoms with Gasteiger partial charge in [-0.05, 0) is 0 Å². The largest absolute Gasteiger partial charge is 0.394 e. The van der Waals surface area contributed by atoms with E-state index in [-0.39, 0.29) is 0 Å². The van der Waals surface area contributed by atoms with Gasteiger partial charge in [0.1, 0.15) is 24.4 Å². The summed E-state index contributed by atoms with van der Waals surface area (Å²) in [5.41, 5.74) is 2.11. The fraction of sp³-hybridized carbons (Fsp3) is 1.00. The number of nitrogens with one attached hydrogen (secondary N) is 1. The minimum absolute atomic E-state index is 0.480. The molecule has 0 radical (unpaired) electrons. The number of hydrogen-bond donors (Lipinski definition) is 6. The lowest BCUT2D eigenvalue weighted by molar-refractivity contribution is -0.254. The molecule has 7 nitrogen and oxygen atoms in total. The first-order valence-corrected chi connectivity index (χ1v) is 3.88. The zero-order valence-electron chi connectivity index (χ0n) is 6.87. The van der Waals surface area contributed by atoms with Crippen molar-refractivity contribution in [1.29, 1.82) is 0 Å². The number of hydrogen-bond acceptors (Lipinski definition) is 7. The zero-order valence-corrected chi connectivity index (χ0v) is 6.87. The van der Waals surface area contributed by atoms with Crippen molar-refractivity contribution in [3.63, 3.8) is 0 Å². The topological polar surface area (TPSA) is 128 Å². The Labute approximate surface area is 74.7 Å². The Bertz CT molecular complexity index is 169. The van der Waals surface area contributed by atoms with Crippen molar-refractivity contribution in [2.45, 2.75) is 30.6 Å². The fourth-order valence-corrected chi connectivity index (χ4v) is 1.28. The molecular weight excluding hydrogens is 180 g/mol. The Morgan fingerprint density at radius 2 is 1.85 bits per heavy atom. The predicted molar refractivity (Wildman–Crippen MR) is 41.1 cm³/mol. The Morgan fingerprint density at radius 3 is 2.31 bits per heavy atom. The van der Waals surface area contributed by atoms with Gasteiger partial charge in [0, 0.05) is 0 Å². The molecule has 1 aliphatic rings. The van der Waals surface area contributed by atoms with Crippen LogP contribution in [0.4, 0.5) is 0 Å². The van der Waals surface area contributed by atoms with E-state index in [0.29, 0.717) is 0 Å². The third-order valence-corrected chi connectivity index (χ3v) is 2.09. The summed E-state index contributed by atoms with van der Waals surface area (Å²) in [6.07, 6.45) is -4.88. The van der Waals surface area contributed by atoms with Crippen molar-refractivity contribution in [2.24, 2.45) is 5.84 Å². The lowest BCUT2D eigenvalue weighted by atomic mass is 9.98. The third-order valence-electron chi connectivity index (χ3n) is 2.09. The van der Waals surface area contributed by atoms with Crippen LogP contribution in [0.1, 0.15) is 0 Å². The summed E-state index contributed by atoms with van der Waals surface area (Å²) in [6, 6.07) is -0.960. The quantitative estimate of drug-likeness (QED) is 0.197. The third kappa shape index (κ3) is 1.97. The standard InChI is InChI=1S/C6H14N2O5/c7-8-3-5(11)4(10)2(1-9)13-6(3)12/h2-6,8-12H,1,7H2/t2-,3+,4-,5-,6-/m1/s1. The van der Waals surface area contributed by atoms with Crippen LogP contribution in [0.5, 0.6) is 0 Å². The number of rotatable bonds is 2. The van der Waals surface area contributed by atoms with Gasteiger partial charge in [-0.1, -0.05) is 0 Å². The van der Waals surface area contributed by atoms with Crippen LogP contribution in [-0.2, 0) is 4.74 Å². The SMILES string of the molecule is NN[C@H]1[C@@H](O)[C@H](O)[C@@H](CO)O[C@H]1O. The minimum atomic E-state index is -1.35. The second kappa shape index (κ2) is 4.29. The van der Waals surface area contributed by atoms with Gasteiger partial charge < -0.3 is 25.2 Å². The van der Waals surface area contributed by atoms with E-state index in [9.17, 15) is 15.3 Å². The number of aliphatic hydroxyl groups excluding tert-OH is 4. The molecule has 0 aromatic heterocycles. The van der Waals surface area contributed by atoms with Gasteiger partial charge in [-0.15, -0.1) is 0 Å². The molecule has 0 bridgehead atoms. The van der Waals surface area contributed by atoms with Crippen molar-refractivity contribution < 1.29 is 25.2 Å². The summed E-state index contributed by atoms with van der Waals surface area (Å²) in [5.74, 6) is 5.01. The summed E-state index contributed by atoms with van der Waals surface area (Å²) in [4.78, 5) is 0. The van der Waals surface area contributed by atoms with Crippen LogP contribution in [0.25, 0.3) is 0 Å². The molecule has 5 atom stereocenters. The maximum Gasteiger partial charge on any atom is 0.174 e. The van der Waals surface area contributed by atoms with Gasteiger partial charge >= 0.3 is 0 Å². The van der Waals surface area contributed by atoms with E-state index in [2.05, 4.69) is 5.43 Å². The van der Waals surface area contributed by atoms with Crippen LogP contribution in [0, 0.1) is 0 Å². The molecule has 0 aliphatic carbocycles. The second-order valence-electron chi connectivity index (χ2n) is 2.92. The van der Waals surface area contributed by atoms with Crippen molar-refractivity contribution in [1.82, 2.24) is 5.43 Å². The molecule has 0 spiro atoms. The molecule has 0 saturated carbocycles. The van der Waals surface area contributed by atoms with Crippen LogP contribution in [0.15, 0.2) is 0 Å². The zero-order chi connectivity index (χ0) is 10.0. The molecule has 0 unspecified atom stereocenters. The van der Waals surface area contributed by atoms with E-state index in [1.165, 1.54) is 0 Å². The Balaban J connectivity index is 2.66. The highest BCUT2D eigenvalue weighted by Crippen LogP contribution is 2.18. The lowest BCUT2D eigenvalue weighted by Gasteiger charge is -2.39. The molecule has 0 amide bonds. The second-order valence-corrected chi connectivity index (χ2v) is 2.92. The highest BCUT2D eigenvalue weighted by molar-refractivity contribution is 4.91. The lowest BCUT2D eigenvalue weighted by Crippen LogP contribution is -2.64. The van der Waals surface area contributed by atoms with Gasteiger partial charge in [-0.2, -0.15) is 0 Å². The van der Waals surface area contributed by atoms with Crippen molar-refractivity contribution in [2.75, 3.05) is 6.61 Å². The van der Waals surface area contributed by atoms with Crippen LogP contribution in [0.2, 0.25) is 0 Å². The average molecular weight is 194 g/mol. The van der Waals surface area contributed by atoms with Gasteiger partial charge in [-0.3, -0.25) is 5.84 Å². The van der Waals surface area contributed by atoms with Gasteiger partial charge in [-0.25, -0.2) is 5.43 Å². The number of aliphatic hydroxyl groups is 4. The van der Waals surface area contributed by atoms with Crippen LogP contribution >= 0.6 is 0 Å². The average Bonchev–Trinajstić information content (AvgIpc) is 2.12. The van der Waals surface area contributed by atoms with E-state index < -0.39 is 37.3 Å². The van der Waals surface area contributed by atoms with Gasteiger partial charge in [0.2, 0.25) is 0 Å². The van der Waals surface area contributed by atoms with Crippen LogP contribution < -0.4 is 11.3 Å². The molecule has 1 heterocycles. The number of hydrazine groups is 1. The number of nitrogens with two attached hydrogens (primary N) is 1. The van der Waals surface area contributed by atoms with Gasteiger partial charge in [0.15, 0.2) is 6.29 Å². The Kier molecular flexibility index (Phi) is 3.56. The molecule has 1 rings (SSSR count). The van der Waals surface area contributed by atoms with E-state index in [4.69, 9.17) is 15.7 Å². The molecule has 1 aliphatic heterocycles. The molecule has 13 heavy (non-hydrogen) atoms. The fourth-order valence-electron chi connectivity index (χ4n) is 1.28. The number of ether oxygens (including phenoxy) is 1. The monoisotopic (exact) mass is 194 g/mol. The first-order valence-electron chi connectivity index (χ1n) is 3.88.